The van der Waals surface area contributed by atoms with Gasteiger partial charge in [0, 0.05) is 25.7 Å². The second-order valence-electron chi connectivity index (χ2n) is 4.84. The summed E-state index contributed by atoms with van der Waals surface area (Å²) in [6, 6.07) is 9.83. The smallest absolute Gasteiger partial charge is 0.244 e. The SMILES string of the molecule is CN1CC=C(CNC(=O)C=Cc2ccccc2)CC1. The van der Waals surface area contributed by atoms with Crippen molar-refractivity contribution in [2.75, 3.05) is 26.7 Å². The topological polar surface area (TPSA) is 32.3 Å². The van der Waals surface area contributed by atoms with Crippen LogP contribution in [0.2, 0.25) is 0 Å². The second kappa shape index (κ2) is 6.90. The number of carbonyl (C=O) groups is 1. The largest absolute Gasteiger partial charge is 0.349 e. The standard InChI is InChI=1S/C16H20N2O/c1-18-11-9-15(10-12-18)13-17-16(19)8-7-14-5-3-2-4-6-14/h2-9H,10-13H2,1H3,(H,17,19). The summed E-state index contributed by atoms with van der Waals surface area (Å²) in [4.78, 5) is 14.0. The summed E-state index contributed by atoms with van der Waals surface area (Å²) in [5.74, 6) is -0.0383. The van der Waals surface area contributed by atoms with Crippen molar-refractivity contribution in [3.63, 3.8) is 0 Å². The summed E-state index contributed by atoms with van der Waals surface area (Å²) < 4.78 is 0. The lowest BCUT2D eigenvalue weighted by Crippen LogP contribution is -2.29. The Morgan fingerprint density at radius 2 is 2.16 bits per heavy atom. The highest BCUT2D eigenvalue weighted by atomic mass is 16.1. The molecule has 0 fully saturated rings. The molecule has 0 saturated heterocycles. The molecule has 0 bridgehead atoms. The molecule has 0 aliphatic carbocycles. The number of hydrogen-bond donors (Lipinski definition) is 1. The van der Waals surface area contributed by atoms with E-state index in [1.54, 1.807) is 6.08 Å². The number of hydrogen-bond acceptors (Lipinski definition) is 2. The molecule has 0 unspecified atom stereocenters. The highest BCUT2D eigenvalue weighted by Crippen LogP contribution is 2.07. The molecule has 0 atom stereocenters. The summed E-state index contributed by atoms with van der Waals surface area (Å²) in [6.45, 7) is 2.71. The molecule has 100 valence electrons. The van der Waals surface area contributed by atoms with Crippen molar-refractivity contribution in [3.8, 4) is 0 Å². The maximum absolute atomic E-state index is 11.7. The van der Waals surface area contributed by atoms with Gasteiger partial charge in [-0.1, -0.05) is 42.0 Å². The first kappa shape index (κ1) is 13.6. The molecule has 0 aromatic heterocycles. The Bertz CT molecular complexity index is 477. The summed E-state index contributed by atoms with van der Waals surface area (Å²) >= 11 is 0. The summed E-state index contributed by atoms with van der Waals surface area (Å²) in [5.41, 5.74) is 2.36. The zero-order chi connectivity index (χ0) is 13.5. The Morgan fingerprint density at radius 1 is 1.37 bits per heavy atom. The first-order valence-electron chi connectivity index (χ1n) is 6.61. The summed E-state index contributed by atoms with van der Waals surface area (Å²) in [5, 5.41) is 2.92. The third-order valence-electron chi connectivity index (χ3n) is 3.22. The quantitative estimate of drug-likeness (QED) is 0.661. The maximum atomic E-state index is 11.7. The average molecular weight is 256 g/mol. The first-order chi connectivity index (χ1) is 9.24. The van der Waals surface area contributed by atoms with Crippen molar-refractivity contribution in [2.24, 2.45) is 0 Å². The van der Waals surface area contributed by atoms with Crippen LogP contribution in [0.15, 0.2) is 48.1 Å². The van der Waals surface area contributed by atoms with Gasteiger partial charge in [-0.25, -0.2) is 0 Å². The van der Waals surface area contributed by atoms with Crippen molar-refractivity contribution in [2.45, 2.75) is 6.42 Å². The number of nitrogens with zero attached hydrogens (tertiary/aromatic N) is 1. The molecule has 1 N–H and O–H groups in total. The van der Waals surface area contributed by atoms with E-state index in [4.69, 9.17) is 0 Å². The number of rotatable bonds is 4. The number of nitrogens with one attached hydrogen (secondary N) is 1. The van der Waals surface area contributed by atoms with Gasteiger partial charge in [0.15, 0.2) is 0 Å². The van der Waals surface area contributed by atoms with E-state index >= 15 is 0 Å². The molecule has 1 aliphatic heterocycles. The van der Waals surface area contributed by atoms with Crippen molar-refractivity contribution < 1.29 is 4.79 Å². The van der Waals surface area contributed by atoms with E-state index in [-0.39, 0.29) is 5.91 Å². The van der Waals surface area contributed by atoms with E-state index in [2.05, 4.69) is 23.3 Å². The van der Waals surface area contributed by atoms with Crippen LogP contribution in [-0.4, -0.2) is 37.5 Å². The molecule has 1 aromatic carbocycles. The van der Waals surface area contributed by atoms with E-state index in [9.17, 15) is 4.79 Å². The fraction of sp³-hybridized carbons (Fsp3) is 0.312. The van der Waals surface area contributed by atoms with Crippen LogP contribution in [0.3, 0.4) is 0 Å². The molecule has 0 saturated carbocycles. The average Bonchev–Trinajstić information content (AvgIpc) is 2.45. The van der Waals surface area contributed by atoms with Crippen molar-refractivity contribution in [3.05, 3.63) is 53.6 Å². The van der Waals surface area contributed by atoms with Crippen LogP contribution >= 0.6 is 0 Å². The van der Waals surface area contributed by atoms with E-state index in [1.165, 1.54) is 5.57 Å². The lowest BCUT2D eigenvalue weighted by atomic mass is 10.1. The molecule has 1 aromatic rings. The highest BCUT2D eigenvalue weighted by Gasteiger charge is 2.07. The molecular formula is C16H20N2O. The van der Waals surface area contributed by atoms with E-state index in [0.29, 0.717) is 6.54 Å². The van der Waals surface area contributed by atoms with Gasteiger partial charge >= 0.3 is 0 Å². The van der Waals surface area contributed by atoms with Gasteiger partial charge in [-0.2, -0.15) is 0 Å². The predicted octanol–water partition coefficient (Wildman–Crippen LogP) is 2.08. The molecule has 3 nitrogen and oxygen atoms in total. The van der Waals surface area contributed by atoms with Crippen LogP contribution in [0.1, 0.15) is 12.0 Å². The minimum Gasteiger partial charge on any atom is -0.349 e. The first-order valence-corrected chi connectivity index (χ1v) is 6.61. The summed E-state index contributed by atoms with van der Waals surface area (Å²) in [6.07, 6.45) is 6.66. The molecule has 2 rings (SSSR count). The Kier molecular flexibility index (Phi) is 4.93. The van der Waals surface area contributed by atoms with Gasteiger partial charge < -0.3 is 10.2 Å². The number of amides is 1. The number of likely N-dealkylation sites (N-methyl/N-ethyl adjacent to an activating group) is 1. The van der Waals surface area contributed by atoms with Crippen LogP contribution in [0.5, 0.6) is 0 Å². The zero-order valence-electron chi connectivity index (χ0n) is 11.3. The number of benzene rings is 1. The van der Waals surface area contributed by atoms with Gasteiger partial charge in [0.1, 0.15) is 0 Å². The monoisotopic (exact) mass is 256 g/mol. The van der Waals surface area contributed by atoms with Gasteiger partial charge in [0.25, 0.3) is 0 Å². The Hall–Kier alpha value is -1.87. The fourth-order valence-corrected chi connectivity index (χ4v) is 1.97. The van der Waals surface area contributed by atoms with Gasteiger partial charge in [-0.15, -0.1) is 0 Å². The maximum Gasteiger partial charge on any atom is 0.244 e. The number of carbonyl (C=O) groups excluding carboxylic acids is 1. The lowest BCUT2D eigenvalue weighted by Gasteiger charge is -2.21. The fourth-order valence-electron chi connectivity index (χ4n) is 1.97. The molecule has 1 heterocycles. The Balaban J connectivity index is 1.77. The van der Waals surface area contributed by atoms with Gasteiger partial charge in [-0.3, -0.25) is 4.79 Å². The minimum atomic E-state index is -0.0383. The van der Waals surface area contributed by atoms with E-state index in [1.807, 2.05) is 36.4 Å². The zero-order valence-corrected chi connectivity index (χ0v) is 11.3. The lowest BCUT2D eigenvalue weighted by molar-refractivity contribution is -0.116. The van der Waals surface area contributed by atoms with Crippen LogP contribution in [0.25, 0.3) is 6.08 Å². The van der Waals surface area contributed by atoms with Crippen LogP contribution in [0.4, 0.5) is 0 Å². The van der Waals surface area contributed by atoms with Crippen LogP contribution < -0.4 is 5.32 Å². The van der Waals surface area contributed by atoms with Crippen LogP contribution in [0, 0.1) is 0 Å². The van der Waals surface area contributed by atoms with Gasteiger partial charge in [-0.05, 0) is 25.1 Å². The molecule has 1 aliphatic rings. The third kappa shape index (κ3) is 4.72. The van der Waals surface area contributed by atoms with Crippen molar-refractivity contribution in [1.82, 2.24) is 10.2 Å². The molecular weight excluding hydrogens is 236 g/mol. The molecule has 19 heavy (non-hydrogen) atoms. The van der Waals surface area contributed by atoms with Crippen LogP contribution in [-0.2, 0) is 4.79 Å². The Morgan fingerprint density at radius 3 is 2.84 bits per heavy atom. The summed E-state index contributed by atoms with van der Waals surface area (Å²) in [7, 11) is 2.11. The minimum absolute atomic E-state index is 0.0383. The van der Waals surface area contributed by atoms with Crippen molar-refractivity contribution >= 4 is 12.0 Å². The van der Waals surface area contributed by atoms with Crippen molar-refractivity contribution in [1.29, 1.82) is 0 Å². The predicted molar refractivity (Wildman–Crippen MR) is 78.7 cm³/mol. The Labute approximate surface area is 114 Å². The molecule has 0 spiro atoms. The van der Waals surface area contributed by atoms with E-state index in [0.717, 1.165) is 25.1 Å². The highest BCUT2D eigenvalue weighted by molar-refractivity contribution is 5.91. The third-order valence-corrected chi connectivity index (χ3v) is 3.22. The molecule has 0 radical (unpaired) electrons. The second-order valence-corrected chi connectivity index (χ2v) is 4.84. The van der Waals surface area contributed by atoms with Gasteiger partial charge in [0.2, 0.25) is 5.91 Å². The van der Waals surface area contributed by atoms with Gasteiger partial charge in [0.05, 0.1) is 0 Å². The normalized spacial score (nSPS) is 16.4. The van der Waals surface area contributed by atoms with E-state index < -0.39 is 0 Å². The molecule has 1 amide bonds. The molecule has 3 heteroatoms.